The maximum atomic E-state index is 5.39. The van der Waals surface area contributed by atoms with E-state index >= 15 is 0 Å². The predicted octanol–water partition coefficient (Wildman–Crippen LogP) is 0.957. The highest BCUT2D eigenvalue weighted by Gasteiger charge is 2.18. The molecule has 0 aromatic rings. The summed E-state index contributed by atoms with van der Waals surface area (Å²) in [6, 6.07) is 0. The van der Waals surface area contributed by atoms with Gasteiger partial charge in [-0.25, -0.2) is 0 Å². The molecule has 18 heavy (non-hydrogen) atoms. The summed E-state index contributed by atoms with van der Waals surface area (Å²) in [5.74, 6) is 1.59. The first-order chi connectivity index (χ1) is 8.77. The predicted molar refractivity (Wildman–Crippen MR) is 74.0 cm³/mol. The Bertz CT molecular complexity index is 240. The van der Waals surface area contributed by atoms with Crippen molar-refractivity contribution >= 4 is 5.96 Å². The van der Waals surface area contributed by atoms with E-state index in [0.29, 0.717) is 5.92 Å². The molecule has 5 nitrogen and oxygen atoms in total. The first-order valence-corrected chi connectivity index (χ1v) is 6.85. The van der Waals surface area contributed by atoms with Crippen LogP contribution >= 0.6 is 0 Å². The maximum Gasteiger partial charge on any atom is 0.193 e. The molecular formula is C13H27N3O2. The van der Waals surface area contributed by atoms with Crippen molar-refractivity contribution in [1.29, 1.82) is 0 Å². The van der Waals surface area contributed by atoms with Gasteiger partial charge in [-0.05, 0) is 19.8 Å². The van der Waals surface area contributed by atoms with Crippen LogP contribution < -0.4 is 5.32 Å². The van der Waals surface area contributed by atoms with Crippen LogP contribution in [0.2, 0.25) is 0 Å². The van der Waals surface area contributed by atoms with Gasteiger partial charge in [0, 0.05) is 52.9 Å². The summed E-state index contributed by atoms with van der Waals surface area (Å²) in [5, 5.41) is 3.36. The van der Waals surface area contributed by atoms with Gasteiger partial charge >= 0.3 is 0 Å². The van der Waals surface area contributed by atoms with E-state index < -0.39 is 0 Å². The summed E-state index contributed by atoms with van der Waals surface area (Å²) >= 11 is 0. The van der Waals surface area contributed by atoms with Crippen LogP contribution in [0.1, 0.15) is 19.8 Å². The topological polar surface area (TPSA) is 46.1 Å². The minimum Gasteiger partial charge on any atom is -0.382 e. The molecule has 1 unspecified atom stereocenters. The molecule has 1 aliphatic rings. The lowest BCUT2D eigenvalue weighted by molar-refractivity contribution is 0.145. The Labute approximate surface area is 111 Å². The smallest absolute Gasteiger partial charge is 0.193 e. The maximum absolute atomic E-state index is 5.39. The summed E-state index contributed by atoms with van der Waals surface area (Å²) in [6.07, 6.45) is 2.17. The molecule has 1 rings (SSSR count). The zero-order valence-electron chi connectivity index (χ0n) is 11.9. The summed E-state index contributed by atoms with van der Waals surface area (Å²) in [7, 11) is 3.91. The molecule has 0 aromatic heterocycles. The van der Waals surface area contributed by atoms with Crippen molar-refractivity contribution in [3.8, 4) is 0 Å². The van der Waals surface area contributed by atoms with Gasteiger partial charge < -0.3 is 19.7 Å². The average molecular weight is 257 g/mol. The minimum absolute atomic E-state index is 0.636. The fourth-order valence-corrected chi connectivity index (χ4v) is 2.10. The number of rotatable bonds is 7. The first-order valence-electron chi connectivity index (χ1n) is 6.85. The van der Waals surface area contributed by atoms with Gasteiger partial charge in [0.25, 0.3) is 0 Å². The van der Waals surface area contributed by atoms with E-state index in [0.717, 1.165) is 58.3 Å². The summed E-state index contributed by atoms with van der Waals surface area (Å²) < 4.78 is 10.7. The lowest BCUT2D eigenvalue weighted by atomic mass is 10.1. The lowest BCUT2D eigenvalue weighted by Crippen LogP contribution is -2.42. The van der Waals surface area contributed by atoms with Crippen LogP contribution in [0.5, 0.6) is 0 Å². The van der Waals surface area contributed by atoms with Gasteiger partial charge in [0.2, 0.25) is 0 Å². The van der Waals surface area contributed by atoms with Crippen molar-refractivity contribution < 1.29 is 9.47 Å². The van der Waals surface area contributed by atoms with Gasteiger partial charge in [0.05, 0.1) is 6.61 Å². The Kier molecular flexibility index (Phi) is 7.76. The fraction of sp³-hybridized carbons (Fsp3) is 0.923. The Morgan fingerprint density at radius 3 is 3.00 bits per heavy atom. The molecule has 1 fully saturated rings. The number of hydrogen-bond donors (Lipinski definition) is 1. The Morgan fingerprint density at radius 2 is 2.39 bits per heavy atom. The molecule has 1 aliphatic heterocycles. The molecule has 1 saturated heterocycles. The number of nitrogens with one attached hydrogen (secondary N) is 1. The Morgan fingerprint density at radius 1 is 1.56 bits per heavy atom. The van der Waals surface area contributed by atoms with Crippen molar-refractivity contribution in [2.24, 2.45) is 10.9 Å². The number of guanidine groups is 1. The van der Waals surface area contributed by atoms with E-state index in [1.807, 2.05) is 14.0 Å². The lowest BCUT2D eigenvalue weighted by Gasteiger charge is -2.24. The largest absolute Gasteiger partial charge is 0.382 e. The number of ether oxygens (including phenoxy) is 2. The van der Waals surface area contributed by atoms with Crippen molar-refractivity contribution in [3.05, 3.63) is 0 Å². The minimum atomic E-state index is 0.636. The molecule has 0 spiro atoms. The van der Waals surface area contributed by atoms with Gasteiger partial charge in [-0.2, -0.15) is 0 Å². The van der Waals surface area contributed by atoms with Crippen LogP contribution in [0.3, 0.4) is 0 Å². The third-order valence-electron chi connectivity index (χ3n) is 3.08. The van der Waals surface area contributed by atoms with Gasteiger partial charge in [-0.3, -0.25) is 4.99 Å². The zero-order valence-corrected chi connectivity index (χ0v) is 11.9. The normalized spacial score (nSPS) is 20.2. The van der Waals surface area contributed by atoms with E-state index in [-0.39, 0.29) is 0 Å². The third kappa shape index (κ3) is 5.69. The molecular weight excluding hydrogens is 230 g/mol. The molecule has 0 radical (unpaired) electrons. The molecule has 0 amide bonds. The highest BCUT2D eigenvalue weighted by atomic mass is 16.5. The monoisotopic (exact) mass is 257 g/mol. The second-order valence-electron chi connectivity index (χ2n) is 4.63. The molecule has 0 saturated carbocycles. The van der Waals surface area contributed by atoms with E-state index in [4.69, 9.17) is 9.47 Å². The summed E-state index contributed by atoms with van der Waals surface area (Å²) in [4.78, 5) is 6.48. The van der Waals surface area contributed by atoms with E-state index in [9.17, 15) is 0 Å². The number of nitrogens with zero attached hydrogens (tertiary/aromatic N) is 2. The Hall–Kier alpha value is -0.810. The highest BCUT2D eigenvalue weighted by Crippen LogP contribution is 2.13. The molecule has 0 aromatic carbocycles. The second-order valence-corrected chi connectivity index (χ2v) is 4.63. The van der Waals surface area contributed by atoms with Crippen molar-refractivity contribution in [3.63, 3.8) is 0 Å². The number of hydrogen-bond acceptors (Lipinski definition) is 3. The van der Waals surface area contributed by atoms with Gasteiger partial charge in [-0.15, -0.1) is 0 Å². The van der Waals surface area contributed by atoms with Crippen LogP contribution in [0.15, 0.2) is 4.99 Å². The molecule has 0 aliphatic carbocycles. The second kappa shape index (κ2) is 9.16. The van der Waals surface area contributed by atoms with Gasteiger partial charge in [-0.1, -0.05) is 0 Å². The fourth-order valence-electron chi connectivity index (χ4n) is 2.10. The average Bonchev–Trinajstić information content (AvgIpc) is 2.86. The molecule has 1 N–H and O–H groups in total. The van der Waals surface area contributed by atoms with Crippen molar-refractivity contribution in [2.45, 2.75) is 19.8 Å². The van der Waals surface area contributed by atoms with Crippen LogP contribution in [0.4, 0.5) is 0 Å². The van der Waals surface area contributed by atoms with Crippen LogP contribution in [-0.4, -0.2) is 64.5 Å². The zero-order chi connectivity index (χ0) is 13.2. The molecule has 106 valence electrons. The van der Waals surface area contributed by atoms with E-state index in [1.165, 1.54) is 0 Å². The molecule has 5 heteroatoms. The van der Waals surface area contributed by atoms with Gasteiger partial charge in [0.1, 0.15) is 0 Å². The summed E-state index contributed by atoms with van der Waals surface area (Å²) in [5.41, 5.74) is 0. The van der Waals surface area contributed by atoms with Gasteiger partial charge in [0.15, 0.2) is 5.96 Å². The van der Waals surface area contributed by atoms with Crippen molar-refractivity contribution in [1.82, 2.24) is 10.2 Å². The SMILES string of the molecule is CCOCCCNC(=NC)N(C)CC1CCOC1. The standard InChI is InChI=1S/C13H27N3O2/c1-4-17-8-5-7-15-13(14-2)16(3)10-12-6-9-18-11-12/h12H,4-11H2,1-3H3,(H,14,15). The molecule has 0 bridgehead atoms. The number of aliphatic imine (C=N–C) groups is 1. The highest BCUT2D eigenvalue weighted by molar-refractivity contribution is 5.79. The molecule has 1 heterocycles. The van der Waals surface area contributed by atoms with E-state index in [1.54, 1.807) is 0 Å². The molecule has 1 atom stereocenters. The summed E-state index contributed by atoms with van der Waals surface area (Å²) in [6.45, 7) is 7.30. The van der Waals surface area contributed by atoms with Crippen LogP contribution in [0, 0.1) is 5.92 Å². The van der Waals surface area contributed by atoms with Crippen molar-refractivity contribution in [2.75, 3.05) is 53.6 Å². The quantitative estimate of drug-likeness (QED) is 0.419. The van der Waals surface area contributed by atoms with Crippen LogP contribution in [-0.2, 0) is 9.47 Å². The third-order valence-corrected chi connectivity index (χ3v) is 3.08. The Balaban J connectivity index is 2.18. The van der Waals surface area contributed by atoms with E-state index in [2.05, 4.69) is 22.3 Å². The van der Waals surface area contributed by atoms with Crippen LogP contribution in [0.25, 0.3) is 0 Å². The first kappa shape index (κ1) is 15.2.